The van der Waals surface area contributed by atoms with Crippen LogP contribution in [0.1, 0.15) is 39.5 Å². The number of hydrogen-bond donors (Lipinski definition) is 1. The smallest absolute Gasteiger partial charge is 0.102 e. The molecule has 2 atom stereocenters. The van der Waals surface area contributed by atoms with Crippen LogP contribution in [-0.2, 0) is 0 Å². The highest BCUT2D eigenvalue weighted by Crippen LogP contribution is 2.21. The first-order valence-corrected chi connectivity index (χ1v) is 6.00. The minimum Gasteiger partial charge on any atom is -0.314 e. The van der Waals surface area contributed by atoms with E-state index in [9.17, 15) is 0 Å². The van der Waals surface area contributed by atoms with Gasteiger partial charge in [0.25, 0.3) is 0 Å². The van der Waals surface area contributed by atoms with Gasteiger partial charge in [-0.15, -0.1) is 0 Å². The van der Waals surface area contributed by atoms with Crippen LogP contribution in [-0.4, -0.2) is 30.1 Å². The summed E-state index contributed by atoms with van der Waals surface area (Å²) in [5, 5.41) is 8.81. The Balaban J connectivity index is 2.22. The third-order valence-corrected chi connectivity index (χ3v) is 3.27. The van der Waals surface area contributed by atoms with E-state index in [1.54, 1.807) is 0 Å². The lowest BCUT2D eigenvalue weighted by atomic mass is 10.0. The summed E-state index contributed by atoms with van der Waals surface area (Å²) < 4.78 is 0. The second kappa shape index (κ2) is 5.48. The molecule has 0 aromatic heterocycles. The van der Waals surface area contributed by atoms with Gasteiger partial charge in [0.05, 0.1) is 6.07 Å². The van der Waals surface area contributed by atoms with E-state index in [0.717, 1.165) is 18.9 Å². The van der Waals surface area contributed by atoms with Gasteiger partial charge >= 0.3 is 0 Å². The number of nitrogens with zero attached hydrogens (tertiary/aromatic N) is 2. The van der Waals surface area contributed by atoms with Crippen molar-refractivity contribution in [2.45, 2.75) is 45.1 Å². The van der Waals surface area contributed by atoms with Gasteiger partial charge in [-0.25, -0.2) is 0 Å². The molecular weight excluding hydrogens is 186 g/mol. The molecule has 0 aliphatic carbocycles. The van der Waals surface area contributed by atoms with Gasteiger partial charge in [-0.05, 0) is 38.6 Å². The number of rotatable bonds is 5. The fraction of sp³-hybridized carbons (Fsp3) is 0.917. The quantitative estimate of drug-likeness (QED) is 0.750. The average molecular weight is 209 g/mol. The van der Waals surface area contributed by atoms with Crippen molar-refractivity contribution in [2.24, 2.45) is 11.7 Å². The molecule has 0 spiro atoms. The van der Waals surface area contributed by atoms with Crippen LogP contribution in [0.15, 0.2) is 0 Å². The van der Waals surface area contributed by atoms with Crippen molar-refractivity contribution in [1.82, 2.24) is 4.90 Å². The SMILES string of the molecule is CCCC1CCN(CCC(C)(N)C#N)C1. The Morgan fingerprint density at radius 2 is 2.33 bits per heavy atom. The molecule has 2 N–H and O–H groups in total. The summed E-state index contributed by atoms with van der Waals surface area (Å²) in [7, 11) is 0. The van der Waals surface area contributed by atoms with Crippen LogP contribution in [0, 0.1) is 17.2 Å². The maximum Gasteiger partial charge on any atom is 0.102 e. The normalized spacial score (nSPS) is 26.1. The molecule has 0 aromatic carbocycles. The van der Waals surface area contributed by atoms with E-state index in [1.807, 2.05) is 6.92 Å². The third kappa shape index (κ3) is 4.19. The molecule has 1 fully saturated rings. The molecular formula is C12H23N3. The van der Waals surface area contributed by atoms with E-state index in [0.29, 0.717) is 0 Å². The lowest BCUT2D eigenvalue weighted by molar-refractivity contribution is 0.296. The molecule has 2 unspecified atom stereocenters. The zero-order valence-corrected chi connectivity index (χ0v) is 10.00. The third-order valence-electron chi connectivity index (χ3n) is 3.27. The maximum absolute atomic E-state index is 8.81. The number of likely N-dealkylation sites (tertiary alicyclic amines) is 1. The van der Waals surface area contributed by atoms with Crippen LogP contribution < -0.4 is 5.73 Å². The molecule has 1 heterocycles. The Bertz CT molecular complexity index is 230. The van der Waals surface area contributed by atoms with Crippen molar-refractivity contribution < 1.29 is 0 Å². The van der Waals surface area contributed by atoms with Gasteiger partial charge in [-0.2, -0.15) is 5.26 Å². The minimum absolute atomic E-state index is 0.650. The first-order chi connectivity index (χ1) is 7.07. The molecule has 0 radical (unpaired) electrons. The van der Waals surface area contributed by atoms with Crippen molar-refractivity contribution in [3.8, 4) is 6.07 Å². The summed E-state index contributed by atoms with van der Waals surface area (Å²) in [6.45, 7) is 7.42. The van der Waals surface area contributed by atoms with Gasteiger partial charge in [0.2, 0.25) is 0 Å². The summed E-state index contributed by atoms with van der Waals surface area (Å²) in [5.74, 6) is 0.876. The average Bonchev–Trinajstić information content (AvgIpc) is 2.64. The Kier molecular flexibility index (Phi) is 4.56. The van der Waals surface area contributed by atoms with E-state index in [-0.39, 0.29) is 0 Å². The molecule has 3 nitrogen and oxygen atoms in total. The summed E-state index contributed by atoms with van der Waals surface area (Å²) in [6.07, 6.45) is 4.73. The van der Waals surface area contributed by atoms with E-state index in [4.69, 9.17) is 11.0 Å². The van der Waals surface area contributed by atoms with Crippen molar-refractivity contribution in [3.63, 3.8) is 0 Å². The van der Waals surface area contributed by atoms with Crippen molar-refractivity contribution >= 4 is 0 Å². The molecule has 0 bridgehead atoms. The topological polar surface area (TPSA) is 53.0 Å². The van der Waals surface area contributed by atoms with E-state index in [1.165, 1.54) is 32.4 Å². The molecule has 0 aromatic rings. The molecule has 86 valence electrons. The number of nitrogens with two attached hydrogens (primary N) is 1. The second-order valence-corrected chi connectivity index (χ2v) is 5.02. The van der Waals surface area contributed by atoms with Crippen molar-refractivity contribution in [2.75, 3.05) is 19.6 Å². The lowest BCUT2D eigenvalue weighted by Gasteiger charge is -2.21. The number of nitriles is 1. The van der Waals surface area contributed by atoms with Crippen LogP contribution in [0.2, 0.25) is 0 Å². The Labute approximate surface area is 93.2 Å². The van der Waals surface area contributed by atoms with Crippen molar-refractivity contribution in [3.05, 3.63) is 0 Å². The molecule has 1 saturated heterocycles. The summed E-state index contributed by atoms with van der Waals surface area (Å²) in [5.41, 5.74) is 5.15. The fourth-order valence-electron chi connectivity index (χ4n) is 2.21. The van der Waals surface area contributed by atoms with Gasteiger partial charge in [-0.3, -0.25) is 0 Å². The highest BCUT2D eigenvalue weighted by Gasteiger charge is 2.24. The predicted octanol–water partition coefficient (Wildman–Crippen LogP) is 1.74. The van der Waals surface area contributed by atoms with Gasteiger partial charge < -0.3 is 10.6 Å². The standard InChI is InChI=1S/C12H23N3/c1-3-4-11-5-7-15(9-11)8-6-12(2,14)10-13/h11H,3-9,14H2,1-2H3. The van der Waals surface area contributed by atoms with Gasteiger partial charge in [0.15, 0.2) is 0 Å². The molecule has 0 amide bonds. The van der Waals surface area contributed by atoms with Crippen LogP contribution in [0.25, 0.3) is 0 Å². The molecule has 3 heteroatoms. The lowest BCUT2D eigenvalue weighted by Crippen LogP contribution is -2.38. The molecule has 0 saturated carbocycles. The Morgan fingerprint density at radius 3 is 2.93 bits per heavy atom. The summed E-state index contributed by atoms with van der Waals surface area (Å²) in [4.78, 5) is 2.45. The van der Waals surface area contributed by atoms with Gasteiger partial charge in [0.1, 0.15) is 5.54 Å². The zero-order chi connectivity index (χ0) is 11.3. The Morgan fingerprint density at radius 1 is 1.60 bits per heavy atom. The maximum atomic E-state index is 8.81. The van der Waals surface area contributed by atoms with E-state index < -0.39 is 5.54 Å². The minimum atomic E-state index is -0.650. The largest absolute Gasteiger partial charge is 0.314 e. The first-order valence-electron chi connectivity index (χ1n) is 6.00. The predicted molar refractivity (Wildman–Crippen MR) is 62.3 cm³/mol. The zero-order valence-electron chi connectivity index (χ0n) is 10.00. The van der Waals surface area contributed by atoms with Crippen molar-refractivity contribution in [1.29, 1.82) is 5.26 Å². The highest BCUT2D eigenvalue weighted by molar-refractivity contribution is 5.01. The van der Waals surface area contributed by atoms with Gasteiger partial charge in [0, 0.05) is 13.1 Å². The van der Waals surface area contributed by atoms with Crippen LogP contribution in [0.4, 0.5) is 0 Å². The molecule has 1 aliphatic rings. The van der Waals surface area contributed by atoms with E-state index in [2.05, 4.69) is 17.9 Å². The first kappa shape index (κ1) is 12.5. The van der Waals surface area contributed by atoms with Gasteiger partial charge in [-0.1, -0.05) is 13.3 Å². The monoisotopic (exact) mass is 209 g/mol. The second-order valence-electron chi connectivity index (χ2n) is 5.02. The fourth-order valence-corrected chi connectivity index (χ4v) is 2.21. The van der Waals surface area contributed by atoms with E-state index >= 15 is 0 Å². The molecule has 1 rings (SSSR count). The van der Waals surface area contributed by atoms with Crippen LogP contribution >= 0.6 is 0 Å². The molecule has 1 aliphatic heterocycles. The molecule has 15 heavy (non-hydrogen) atoms. The number of hydrogen-bond acceptors (Lipinski definition) is 3. The highest BCUT2D eigenvalue weighted by atomic mass is 15.1. The van der Waals surface area contributed by atoms with Crippen LogP contribution in [0.5, 0.6) is 0 Å². The summed E-state index contributed by atoms with van der Waals surface area (Å²) in [6, 6.07) is 2.15. The Hall–Kier alpha value is -0.590. The summed E-state index contributed by atoms with van der Waals surface area (Å²) >= 11 is 0. The van der Waals surface area contributed by atoms with Crippen LogP contribution in [0.3, 0.4) is 0 Å².